The Balaban J connectivity index is 0.000000206. The molecule has 10 heteroatoms. The first kappa shape index (κ1) is 29.5. The van der Waals surface area contributed by atoms with Crippen LogP contribution in [0, 0.1) is 0 Å². The number of sulfonamides is 1. The smallest absolute Gasteiger partial charge is 0.238 e. The zero-order valence-electron chi connectivity index (χ0n) is 22.5. The molecule has 2 aromatic carbocycles. The number of piperazine rings is 1. The van der Waals surface area contributed by atoms with Crippen molar-refractivity contribution >= 4 is 27.3 Å². The number of halogens is 1. The quantitative estimate of drug-likeness (QED) is 0.495. The first-order valence-electron chi connectivity index (χ1n) is 12.9. The van der Waals surface area contributed by atoms with Gasteiger partial charge < -0.3 is 19.3 Å². The first-order valence-corrected chi connectivity index (χ1v) is 14.8. The predicted octanol–water partition coefficient (Wildman–Crippen LogP) is 3.99. The third-order valence-corrected chi connectivity index (χ3v) is 8.33. The highest BCUT2D eigenvalue weighted by Crippen LogP contribution is 2.34. The van der Waals surface area contributed by atoms with Crippen molar-refractivity contribution < 1.29 is 17.9 Å². The number of ether oxygens (including phenoxy) is 2. The standard InChI is InChI=1S/C15H22ClNO.C12H19N3O3S/c1-3-4-5-9-17-10-8-12-6-7-14(18-2)15(16)13(12)11-17;1-14-5-7-15(8-6-14)11-9-10(19(13,16)17)3-4-12(11)18-2/h6-7H,3-5,8-11H2,1-2H3;3-4,9H,5-8H2,1-2H3,(H2,13,16,17). The van der Waals surface area contributed by atoms with Crippen LogP contribution < -0.4 is 19.5 Å². The van der Waals surface area contributed by atoms with E-state index in [1.165, 1.54) is 43.0 Å². The van der Waals surface area contributed by atoms with Crippen molar-refractivity contribution in [2.75, 3.05) is 65.4 Å². The fourth-order valence-electron chi connectivity index (χ4n) is 4.70. The molecule has 0 radical (unpaired) electrons. The Hall–Kier alpha value is -2.04. The number of anilines is 1. The summed E-state index contributed by atoms with van der Waals surface area (Å²) >= 11 is 6.40. The number of unbranched alkanes of at least 4 members (excludes halogenated alkanes) is 2. The number of hydrogen-bond acceptors (Lipinski definition) is 7. The van der Waals surface area contributed by atoms with Gasteiger partial charge in [-0.15, -0.1) is 0 Å². The molecular weight excluding hydrogens is 512 g/mol. The number of likely N-dealkylation sites (N-methyl/N-ethyl adjacent to an activating group) is 1. The molecule has 0 saturated carbocycles. The van der Waals surface area contributed by atoms with Gasteiger partial charge in [-0.2, -0.15) is 0 Å². The highest BCUT2D eigenvalue weighted by atomic mass is 35.5. The normalized spacial score (nSPS) is 16.5. The maximum absolute atomic E-state index is 11.4. The minimum atomic E-state index is -3.69. The molecule has 2 aromatic rings. The van der Waals surface area contributed by atoms with E-state index < -0.39 is 10.0 Å². The molecule has 4 rings (SSSR count). The molecule has 2 heterocycles. The van der Waals surface area contributed by atoms with Gasteiger partial charge >= 0.3 is 0 Å². The van der Waals surface area contributed by atoms with E-state index in [9.17, 15) is 8.42 Å². The lowest BCUT2D eigenvalue weighted by atomic mass is 9.99. The molecule has 0 unspecified atom stereocenters. The number of fused-ring (bicyclic) bond motifs is 1. The summed E-state index contributed by atoms with van der Waals surface area (Å²) in [7, 11) is 1.62. The van der Waals surface area contributed by atoms with Gasteiger partial charge in [0.2, 0.25) is 10.0 Å². The molecule has 8 nitrogen and oxygen atoms in total. The first-order chi connectivity index (χ1) is 17.7. The molecule has 2 aliphatic heterocycles. The second-order valence-corrected chi connectivity index (χ2v) is 11.6. The Morgan fingerprint density at radius 1 is 0.973 bits per heavy atom. The summed E-state index contributed by atoms with van der Waals surface area (Å²) in [5, 5.41) is 5.97. The van der Waals surface area contributed by atoms with E-state index in [4.69, 9.17) is 26.2 Å². The van der Waals surface area contributed by atoms with E-state index >= 15 is 0 Å². The Kier molecular flexibility index (Phi) is 10.9. The van der Waals surface area contributed by atoms with Gasteiger partial charge in [-0.3, -0.25) is 4.90 Å². The monoisotopic (exact) mass is 552 g/mol. The summed E-state index contributed by atoms with van der Waals surface area (Å²) in [5.41, 5.74) is 3.42. The highest BCUT2D eigenvalue weighted by molar-refractivity contribution is 7.89. The molecule has 0 spiro atoms. The van der Waals surface area contributed by atoms with Gasteiger partial charge in [-0.25, -0.2) is 13.6 Å². The van der Waals surface area contributed by atoms with E-state index in [-0.39, 0.29) is 4.90 Å². The number of benzene rings is 2. The molecule has 0 aliphatic carbocycles. The van der Waals surface area contributed by atoms with Crippen molar-refractivity contribution in [1.82, 2.24) is 9.80 Å². The van der Waals surface area contributed by atoms with Crippen LogP contribution in [0.5, 0.6) is 11.5 Å². The molecule has 2 N–H and O–H groups in total. The van der Waals surface area contributed by atoms with E-state index in [1.807, 2.05) is 6.07 Å². The van der Waals surface area contributed by atoms with Gasteiger partial charge in [-0.1, -0.05) is 37.4 Å². The minimum Gasteiger partial charge on any atom is -0.495 e. The number of methoxy groups -OCH3 is 2. The summed E-state index contributed by atoms with van der Waals surface area (Å²) in [4.78, 5) is 6.96. The molecule has 2 aliphatic rings. The fraction of sp³-hybridized carbons (Fsp3) is 0.556. The second-order valence-electron chi connectivity index (χ2n) is 9.62. The van der Waals surface area contributed by atoms with Crippen LogP contribution in [-0.2, 0) is 23.0 Å². The fourth-order valence-corrected chi connectivity index (χ4v) is 5.56. The second kappa shape index (κ2) is 13.7. The van der Waals surface area contributed by atoms with Crippen molar-refractivity contribution in [3.8, 4) is 11.5 Å². The van der Waals surface area contributed by atoms with E-state index in [0.717, 1.165) is 62.1 Å². The van der Waals surface area contributed by atoms with Crippen LogP contribution in [-0.4, -0.2) is 78.8 Å². The topological polar surface area (TPSA) is 88.3 Å². The third-order valence-electron chi connectivity index (χ3n) is 7.00. The number of rotatable bonds is 8. The van der Waals surface area contributed by atoms with E-state index in [2.05, 4.69) is 34.7 Å². The lowest BCUT2D eigenvalue weighted by Gasteiger charge is -2.34. The molecule has 0 atom stereocenters. The van der Waals surface area contributed by atoms with Crippen LogP contribution in [0.15, 0.2) is 35.2 Å². The van der Waals surface area contributed by atoms with Gasteiger partial charge in [0.1, 0.15) is 11.5 Å². The highest BCUT2D eigenvalue weighted by Gasteiger charge is 2.21. The summed E-state index contributed by atoms with van der Waals surface area (Å²) < 4.78 is 33.5. The summed E-state index contributed by atoms with van der Waals surface area (Å²) in [6, 6.07) is 8.83. The van der Waals surface area contributed by atoms with Crippen LogP contribution in [0.25, 0.3) is 0 Å². The Morgan fingerprint density at radius 3 is 2.27 bits per heavy atom. The molecular formula is C27H41ClN4O4S. The van der Waals surface area contributed by atoms with Crippen molar-refractivity contribution in [2.24, 2.45) is 5.14 Å². The molecule has 0 amide bonds. The van der Waals surface area contributed by atoms with Gasteiger partial charge in [0.05, 0.1) is 29.8 Å². The minimum absolute atomic E-state index is 0.113. The number of nitrogens with zero attached hydrogens (tertiary/aromatic N) is 3. The largest absolute Gasteiger partial charge is 0.495 e. The summed E-state index contributed by atoms with van der Waals surface area (Å²) in [5.74, 6) is 1.46. The van der Waals surface area contributed by atoms with Gasteiger partial charge in [0, 0.05) is 39.3 Å². The number of nitrogens with two attached hydrogens (primary N) is 1. The molecule has 37 heavy (non-hydrogen) atoms. The predicted molar refractivity (Wildman–Crippen MR) is 151 cm³/mol. The summed E-state index contributed by atoms with van der Waals surface area (Å²) in [6.07, 6.45) is 4.98. The zero-order valence-corrected chi connectivity index (χ0v) is 24.1. The molecule has 206 valence electrons. The molecule has 1 saturated heterocycles. The van der Waals surface area contributed by atoms with Gasteiger partial charge in [-0.05, 0) is 61.8 Å². The van der Waals surface area contributed by atoms with E-state index in [1.54, 1.807) is 26.4 Å². The molecule has 0 bridgehead atoms. The average molecular weight is 553 g/mol. The maximum Gasteiger partial charge on any atom is 0.238 e. The van der Waals surface area contributed by atoms with Crippen LogP contribution in [0.4, 0.5) is 5.69 Å². The van der Waals surface area contributed by atoms with E-state index in [0.29, 0.717) is 5.75 Å². The Labute approximate surface area is 227 Å². The van der Waals surface area contributed by atoms with Crippen molar-refractivity contribution in [3.63, 3.8) is 0 Å². The van der Waals surface area contributed by atoms with Gasteiger partial charge in [0.15, 0.2) is 0 Å². The number of hydrogen-bond donors (Lipinski definition) is 1. The van der Waals surface area contributed by atoms with Gasteiger partial charge in [0.25, 0.3) is 0 Å². The van der Waals surface area contributed by atoms with Crippen LogP contribution in [0.1, 0.15) is 37.3 Å². The van der Waals surface area contributed by atoms with Crippen molar-refractivity contribution in [1.29, 1.82) is 0 Å². The number of primary sulfonamides is 1. The summed E-state index contributed by atoms with van der Waals surface area (Å²) in [6.45, 7) is 9.08. The lowest BCUT2D eigenvalue weighted by Crippen LogP contribution is -2.44. The maximum atomic E-state index is 11.4. The van der Waals surface area contributed by atoms with Crippen molar-refractivity contribution in [2.45, 2.75) is 44.0 Å². The van der Waals surface area contributed by atoms with Crippen LogP contribution in [0.3, 0.4) is 0 Å². The Morgan fingerprint density at radius 2 is 1.65 bits per heavy atom. The SMILES string of the molecule is CCCCCN1CCc2ccc(OC)c(Cl)c2C1.COc1ccc(S(N)(=O)=O)cc1N1CCN(C)CC1. The molecule has 1 fully saturated rings. The van der Waals surface area contributed by atoms with Crippen molar-refractivity contribution in [3.05, 3.63) is 46.5 Å². The molecule has 0 aromatic heterocycles. The van der Waals surface area contributed by atoms with Crippen LogP contribution in [0.2, 0.25) is 5.02 Å². The Bertz CT molecular complexity index is 1140. The van der Waals surface area contributed by atoms with Crippen LogP contribution >= 0.6 is 11.6 Å². The lowest BCUT2D eigenvalue weighted by molar-refractivity contribution is 0.248. The average Bonchev–Trinajstić information content (AvgIpc) is 2.89. The third kappa shape index (κ3) is 7.97. The zero-order chi connectivity index (χ0) is 27.0.